The van der Waals surface area contributed by atoms with Crippen LogP contribution in [0.3, 0.4) is 0 Å². The van der Waals surface area contributed by atoms with Crippen LogP contribution in [0.5, 0.6) is 5.75 Å². The molecule has 4 rings (SSSR count). The Bertz CT molecular complexity index is 1040. The summed E-state index contributed by atoms with van der Waals surface area (Å²) in [6, 6.07) is 11.5. The predicted octanol–water partition coefficient (Wildman–Crippen LogP) is 5.19. The second-order valence-electron chi connectivity index (χ2n) is 7.06. The topological polar surface area (TPSA) is 51.5 Å². The monoisotopic (exact) mass is 415 g/mol. The SMILES string of the molecule is CCOC(=O)Cc1c2c3c(c(O)ccc3n1Cc1ccc(Cl)cc1)CC(C)S2. The lowest BCUT2D eigenvalue weighted by molar-refractivity contribution is -0.142. The Labute approximate surface area is 173 Å². The lowest BCUT2D eigenvalue weighted by Gasteiger charge is -2.20. The highest BCUT2D eigenvalue weighted by Gasteiger charge is 2.29. The van der Waals surface area contributed by atoms with Gasteiger partial charge in [0.1, 0.15) is 5.75 Å². The van der Waals surface area contributed by atoms with Gasteiger partial charge in [-0.2, -0.15) is 0 Å². The average Bonchev–Trinajstić information content (AvgIpc) is 2.94. The van der Waals surface area contributed by atoms with Crippen molar-refractivity contribution >= 4 is 40.2 Å². The van der Waals surface area contributed by atoms with E-state index in [2.05, 4.69) is 11.5 Å². The molecule has 2 aromatic carbocycles. The van der Waals surface area contributed by atoms with Crippen molar-refractivity contribution < 1.29 is 14.6 Å². The molecular formula is C22H22ClNO3S. The van der Waals surface area contributed by atoms with Crippen LogP contribution in [0.4, 0.5) is 0 Å². The van der Waals surface area contributed by atoms with Gasteiger partial charge in [0.2, 0.25) is 0 Å². The minimum absolute atomic E-state index is 0.214. The first-order valence-electron chi connectivity index (χ1n) is 9.40. The molecule has 0 fully saturated rings. The van der Waals surface area contributed by atoms with Crippen molar-refractivity contribution in [1.29, 1.82) is 0 Å². The number of rotatable bonds is 5. The molecule has 1 unspecified atom stereocenters. The zero-order valence-electron chi connectivity index (χ0n) is 15.9. The number of aromatic hydroxyl groups is 1. The third-order valence-corrected chi connectivity index (χ3v) is 6.55. The summed E-state index contributed by atoms with van der Waals surface area (Å²) in [5, 5.41) is 12.5. The normalized spacial score (nSPS) is 15.8. The molecule has 1 N–H and O–H groups in total. The molecule has 146 valence electrons. The quantitative estimate of drug-likeness (QED) is 0.582. The van der Waals surface area contributed by atoms with E-state index in [1.807, 2.05) is 37.3 Å². The highest BCUT2D eigenvalue weighted by atomic mass is 35.5. The van der Waals surface area contributed by atoms with Gasteiger partial charge in [-0.3, -0.25) is 4.79 Å². The number of nitrogens with zero attached hydrogens (tertiary/aromatic N) is 1. The number of aromatic nitrogens is 1. The fraction of sp³-hybridized carbons (Fsp3) is 0.318. The number of hydrogen-bond acceptors (Lipinski definition) is 4. The Balaban J connectivity index is 1.90. The van der Waals surface area contributed by atoms with E-state index >= 15 is 0 Å². The summed E-state index contributed by atoms with van der Waals surface area (Å²) in [7, 11) is 0. The molecule has 1 aliphatic rings. The fourth-order valence-corrected chi connectivity index (χ4v) is 5.30. The maximum absolute atomic E-state index is 12.3. The molecule has 2 heterocycles. The average molecular weight is 416 g/mol. The van der Waals surface area contributed by atoms with Crippen LogP contribution >= 0.6 is 23.4 Å². The largest absolute Gasteiger partial charge is 0.508 e. The van der Waals surface area contributed by atoms with Crippen molar-refractivity contribution in [3.8, 4) is 5.75 Å². The van der Waals surface area contributed by atoms with E-state index in [0.717, 1.165) is 39.0 Å². The Hall–Kier alpha value is -2.11. The Morgan fingerprint density at radius 3 is 2.75 bits per heavy atom. The number of hydrogen-bond donors (Lipinski definition) is 1. The number of halogens is 1. The fourth-order valence-electron chi connectivity index (χ4n) is 3.86. The molecule has 28 heavy (non-hydrogen) atoms. The molecule has 1 aromatic heterocycles. The second-order valence-corrected chi connectivity index (χ2v) is 8.95. The molecule has 1 aliphatic heterocycles. The van der Waals surface area contributed by atoms with E-state index < -0.39 is 0 Å². The van der Waals surface area contributed by atoms with Gasteiger partial charge in [0.15, 0.2) is 0 Å². The first kappa shape index (κ1) is 19.2. The first-order valence-corrected chi connectivity index (χ1v) is 10.7. The molecule has 0 saturated carbocycles. The predicted molar refractivity (Wildman–Crippen MR) is 114 cm³/mol. The summed E-state index contributed by atoms with van der Waals surface area (Å²) in [4.78, 5) is 13.4. The van der Waals surface area contributed by atoms with Gasteiger partial charge in [-0.1, -0.05) is 30.7 Å². The highest BCUT2D eigenvalue weighted by molar-refractivity contribution is 8.00. The summed E-state index contributed by atoms with van der Waals surface area (Å²) in [5.41, 5.74) is 4.06. The number of carbonyl (C=O) groups is 1. The van der Waals surface area contributed by atoms with Crippen LogP contribution < -0.4 is 0 Å². The zero-order valence-corrected chi connectivity index (χ0v) is 17.4. The molecule has 6 heteroatoms. The van der Waals surface area contributed by atoms with Crippen LogP contribution in [0, 0.1) is 0 Å². The van der Waals surface area contributed by atoms with Gasteiger partial charge in [0.25, 0.3) is 0 Å². The van der Waals surface area contributed by atoms with Gasteiger partial charge < -0.3 is 14.4 Å². The van der Waals surface area contributed by atoms with Crippen molar-refractivity contribution in [2.45, 2.75) is 43.4 Å². The smallest absolute Gasteiger partial charge is 0.311 e. The molecule has 1 atom stereocenters. The summed E-state index contributed by atoms with van der Waals surface area (Å²) in [5.74, 6) is 0.0933. The van der Waals surface area contributed by atoms with Crippen LogP contribution in [-0.4, -0.2) is 27.5 Å². The standard InChI is InChI=1S/C22H22ClNO3S/c1-3-27-20(26)11-18-22-21-16(10-13(2)28-22)19(25)9-8-17(21)24(18)12-14-4-6-15(23)7-5-14/h4-9,13,25H,3,10-12H2,1-2H3. The van der Waals surface area contributed by atoms with Crippen molar-refractivity contribution in [2.75, 3.05) is 6.61 Å². The Morgan fingerprint density at radius 1 is 1.29 bits per heavy atom. The van der Waals surface area contributed by atoms with Crippen molar-refractivity contribution in [3.05, 3.63) is 58.2 Å². The maximum Gasteiger partial charge on any atom is 0.311 e. The van der Waals surface area contributed by atoms with Crippen molar-refractivity contribution in [3.63, 3.8) is 0 Å². The van der Waals surface area contributed by atoms with Crippen LogP contribution in [0.2, 0.25) is 5.02 Å². The van der Waals surface area contributed by atoms with Crippen LogP contribution in [0.15, 0.2) is 41.3 Å². The lowest BCUT2D eigenvalue weighted by Crippen LogP contribution is -2.14. The Morgan fingerprint density at radius 2 is 2.04 bits per heavy atom. The molecule has 0 spiro atoms. The molecular weight excluding hydrogens is 394 g/mol. The van der Waals surface area contributed by atoms with Crippen LogP contribution in [0.25, 0.3) is 10.9 Å². The molecule has 0 amide bonds. The van der Waals surface area contributed by atoms with Gasteiger partial charge in [-0.05, 0) is 43.2 Å². The van der Waals surface area contributed by atoms with E-state index in [9.17, 15) is 9.90 Å². The van der Waals surface area contributed by atoms with Crippen LogP contribution in [-0.2, 0) is 28.9 Å². The number of ether oxygens (including phenoxy) is 1. The van der Waals surface area contributed by atoms with Crippen LogP contribution in [0.1, 0.15) is 30.7 Å². The van der Waals surface area contributed by atoms with Gasteiger partial charge in [-0.25, -0.2) is 0 Å². The molecule has 4 nitrogen and oxygen atoms in total. The zero-order chi connectivity index (χ0) is 19.8. The third kappa shape index (κ3) is 3.49. The summed E-state index contributed by atoms with van der Waals surface area (Å²) in [6.45, 7) is 4.96. The Kier molecular flexibility index (Phi) is 5.30. The summed E-state index contributed by atoms with van der Waals surface area (Å²) < 4.78 is 7.41. The molecule has 0 saturated heterocycles. The van der Waals surface area contributed by atoms with E-state index in [1.54, 1.807) is 17.8 Å². The van der Waals surface area contributed by atoms with E-state index in [-0.39, 0.29) is 12.4 Å². The lowest BCUT2D eigenvalue weighted by atomic mass is 10.0. The van der Waals surface area contributed by atoms with Gasteiger partial charge in [0, 0.05) is 38.4 Å². The molecule has 3 aromatic rings. The maximum atomic E-state index is 12.3. The van der Waals surface area contributed by atoms with Crippen molar-refractivity contribution in [1.82, 2.24) is 4.57 Å². The van der Waals surface area contributed by atoms with E-state index in [1.165, 1.54) is 0 Å². The molecule has 0 radical (unpaired) electrons. The summed E-state index contributed by atoms with van der Waals surface area (Å²) >= 11 is 7.81. The number of thioether (sulfide) groups is 1. The van der Waals surface area contributed by atoms with E-state index in [4.69, 9.17) is 16.3 Å². The second kappa shape index (κ2) is 7.72. The van der Waals surface area contributed by atoms with Gasteiger partial charge in [0.05, 0.1) is 18.5 Å². The van der Waals surface area contributed by atoms with Crippen molar-refractivity contribution in [2.24, 2.45) is 0 Å². The first-order chi connectivity index (χ1) is 13.5. The van der Waals surface area contributed by atoms with Gasteiger partial charge in [-0.15, -0.1) is 11.8 Å². The molecule has 0 aliphatic carbocycles. The summed E-state index contributed by atoms with van der Waals surface area (Å²) in [6.07, 6.45) is 1.02. The minimum atomic E-state index is -0.233. The number of esters is 1. The number of benzene rings is 2. The minimum Gasteiger partial charge on any atom is -0.508 e. The van der Waals surface area contributed by atoms with E-state index in [0.29, 0.717) is 29.2 Å². The van der Waals surface area contributed by atoms with Gasteiger partial charge >= 0.3 is 5.97 Å². The molecule has 0 bridgehead atoms. The highest BCUT2D eigenvalue weighted by Crippen LogP contribution is 2.46. The third-order valence-electron chi connectivity index (χ3n) is 5.05. The number of phenols is 1. The number of phenolic OH excluding ortho intramolecular Hbond substituents is 1. The number of carbonyl (C=O) groups excluding carboxylic acids is 1.